The molecule has 2 aliphatic heterocycles. The molecule has 2 fully saturated rings. The molecule has 0 aliphatic carbocycles. The molecule has 0 saturated carbocycles. The normalized spacial score (nSPS) is 25.8. The molecule has 0 aromatic rings. The van der Waals surface area contributed by atoms with Gasteiger partial charge >= 0.3 is 6.03 Å². The molecule has 0 spiro atoms. The molecular weight excluding hydrogens is 437 g/mol. The SMILES string of the molecule is COP(=O)([O-])OCC(O)COCCCNC(=O)CCCCC1SCC2NC(=O)NC21. The Morgan fingerprint density at radius 1 is 1.37 bits per heavy atom. The van der Waals surface area contributed by atoms with Crippen molar-refractivity contribution in [2.24, 2.45) is 0 Å². The largest absolute Gasteiger partial charge is 0.756 e. The van der Waals surface area contributed by atoms with Crippen LogP contribution in [0.4, 0.5) is 4.79 Å². The molecule has 2 rings (SSSR count). The molecule has 30 heavy (non-hydrogen) atoms. The van der Waals surface area contributed by atoms with Crippen LogP contribution in [-0.2, 0) is 23.1 Å². The number of urea groups is 1. The van der Waals surface area contributed by atoms with E-state index >= 15 is 0 Å². The third-order valence-corrected chi connectivity index (χ3v) is 7.25. The van der Waals surface area contributed by atoms with Gasteiger partial charge in [0.15, 0.2) is 0 Å². The van der Waals surface area contributed by atoms with Crippen molar-refractivity contribution in [3.63, 3.8) is 0 Å². The molecule has 3 amide bonds. The van der Waals surface area contributed by atoms with Crippen molar-refractivity contribution in [2.75, 3.05) is 39.2 Å². The number of aliphatic hydroxyl groups excluding tert-OH is 1. The third kappa shape index (κ3) is 9.09. The number of hydrogen-bond donors (Lipinski definition) is 4. The van der Waals surface area contributed by atoms with Gasteiger partial charge in [0, 0.05) is 37.7 Å². The predicted octanol–water partition coefficient (Wildman–Crippen LogP) is -0.273. The highest BCUT2D eigenvalue weighted by Crippen LogP contribution is 2.36. The number of rotatable bonds is 15. The molecule has 2 saturated heterocycles. The first-order chi connectivity index (χ1) is 14.3. The van der Waals surface area contributed by atoms with Gasteiger partial charge in [0.2, 0.25) is 5.91 Å². The number of thioether (sulfide) groups is 1. The molecule has 2 heterocycles. The summed E-state index contributed by atoms with van der Waals surface area (Å²) >= 11 is 1.87. The zero-order valence-electron chi connectivity index (χ0n) is 17.0. The second-order valence-electron chi connectivity index (χ2n) is 7.23. The van der Waals surface area contributed by atoms with E-state index in [9.17, 15) is 24.2 Å². The summed E-state index contributed by atoms with van der Waals surface area (Å²) in [6.07, 6.45) is 2.67. The van der Waals surface area contributed by atoms with Crippen LogP contribution in [0.3, 0.4) is 0 Å². The molecule has 0 radical (unpaired) electrons. The number of phosphoric acid groups is 1. The second-order valence-corrected chi connectivity index (χ2v) is 10.0. The van der Waals surface area contributed by atoms with Crippen molar-refractivity contribution in [3.05, 3.63) is 0 Å². The van der Waals surface area contributed by atoms with E-state index in [2.05, 4.69) is 25.0 Å². The van der Waals surface area contributed by atoms with E-state index in [1.54, 1.807) is 0 Å². The Morgan fingerprint density at radius 2 is 2.17 bits per heavy atom. The van der Waals surface area contributed by atoms with Gasteiger partial charge in [0.25, 0.3) is 7.82 Å². The number of nitrogens with one attached hydrogen (secondary N) is 3. The highest BCUT2D eigenvalue weighted by Gasteiger charge is 2.42. The van der Waals surface area contributed by atoms with E-state index in [-0.39, 0.29) is 30.6 Å². The van der Waals surface area contributed by atoms with Crippen molar-refractivity contribution in [1.29, 1.82) is 0 Å². The molecule has 4 N–H and O–H groups in total. The monoisotopic (exact) mass is 468 g/mol. The average Bonchev–Trinajstić information content (AvgIpc) is 3.25. The number of aliphatic hydroxyl groups is 1. The van der Waals surface area contributed by atoms with Crippen LogP contribution in [0, 0.1) is 0 Å². The molecule has 0 aromatic carbocycles. The van der Waals surface area contributed by atoms with E-state index in [0.29, 0.717) is 31.2 Å². The molecule has 0 bridgehead atoms. The average molecular weight is 468 g/mol. The predicted molar refractivity (Wildman–Crippen MR) is 109 cm³/mol. The van der Waals surface area contributed by atoms with Crippen LogP contribution in [-0.4, -0.2) is 79.7 Å². The summed E-state index contributed by atoms with van der Waals surface area (Å²) in [5, 5.41) is 18.7. The second kappa shape index (κ2) is 12.8. The lowest BCUT2D eigenvalue weighted by atomic mass is 10.0. The van der Waals surface area contributed by atoms with Gasteiger partial charge in [-0.25, -0.2) is 4.79 Å². The van der Waals surface area contributed by atoms with Crippen LogP contribution in [0.15, 0.2) is 0 Å². The summed E-state index contributed by atoms with van der Waals surface area (Å²) in [7, 11) is -3.37. The number of phosphoric ester groups is 1. The van der Waals surface area contributed by atoms with E-state index in [0.717, 1.165) is 32.1 Å². The minimum absolute atomic E-state index is 0.0120. The van der Waals surface area contributed by atoms with Crippen molar-refractivity contribution >= 4 is 31.5 Å². The van der Waals surface area contributed by atoms with Gasteiger partial charge in [-0.3, -0.25) is 9.36 Å². The van der Waals surface area contributed by atoms with Crippen LogP contribution >= 0.6 is 19.6 Å². The maximum absolute atomic E-state index is 11.9. The van der Waals surface area contributed by atoms with Gasteiger partial charge in [0.05, 0.1) is 25.3 Å². The maximum Gasteiger partial charge on any atom is 0.315 e. The molecule has 11 nitrogen and oxygen atoms in total. The Hall–Kier alpha value is -0.880. The van der Waals surface area contributed by atoms with E-state index in [1.807, 2.05) is 11.8 Å². The van der Waals surface area contributed by atoms with E-state index < -0.39 is 20.5 Å². The van der Waals surface area contributed by atoms with E-state index in [1.165, 1.54) is 0 Å². The lowest BCUT2D eigenvalue weighted by Gasteiger charge is -2.21. The number of carbonyl (C=O) groups excluding carboxylic acids is 2. The zero-order chi connectivity index (χ0) is 22.0. The van der Waals surface area contributed by atoms with Gasteiger partial charge in [-0.05, 0) is 19.3 Å². The summed E-state index contributed by atoms with van der Waals surface area (Å²) in [5.41, 5.74) is 0. The van der Waals surface area contributed by atoms with Gasteiger partial charge in [-0.2, -0.15) is 11.8 Å². The highest BCUT2D eigenvalue weighted by atomic mass is 32.2. The lowest BCUT2D eigenvalue weighted by molar-refractivity contribution is -0.225. The Labute approximate surface area is 180 Å². The number of hydrogen-bond acceptors (Lipinski definition) is 9. The number of carbonyl (C=O) groups is 2. The van der Waals surface area contributed by atoms with Crippen LogP contribution in [0.2, 0.25) is 0 Å². The molecule has 0 aromatic heterocycles. The summed E-state index contributed by atoms with van der Waals surface area (Å²) in [6, 6.07) is 0.345. The Bertz CT molecular complexity index is 614. The Balaban J connectivity index is 1.41. The summed E-state index contributed by atoms with van der Waals surface area (Å²) in [6.45, 7) is 0.270. The molecule has 13 heteroatoms. The fourth-order valence-electron chi connectivity index (χ4n) is 3.26. The smallest absolute Gasteiger partial charge is 0.315 e. The molecule has 5 unspecified atom stereocenters. The fraction of sp³-hybridized carbons (Fsp3) is 0.882. The first-order valence-electron chi connectivity index (χ1n) is 10.0. The highest BCUT2D eigenvalue weighted by molar-refractivity contribution is 8.00. The van der Waals surface area contributed by atoms with Crippen LogP contribution in [0.25, 0.3) is 0 Å². The van der Waals surface area contributed by atoms with Crippen molar-refractivity contribution in [2.45, 2.75) is 55.5 Å². The van der Waals surface area contributed by atoms with Gasteiger partial charge in [0.1, 0.15) is 6.10 Å². The van der Waals surface area contributed by atoms with E-state index in [4.69, 9.17) is 4.74 Å². The van der Waals surface area contributed by atoms with Gasteiger partial charge in [-0.1, -0.05) is 6.42 Å². The molecular formula is C17H31N3O8PS-. The van der Waals surface area contributed by atoms with Crippen LogP contribution < -0.4 is 20.8 Å². The summed E-state index contributed by atoms with van der Waals surface area (Å²) in [5.74, 6) is 0.926. The number of ether oxygens (including phenoxy) is 1. The Morgan fingerprint density at radius 3 is 2.93 bits per heavy atom. The summed E-state index contributed by atoms with van der Waals surface area (Å²) in [4.78, 5) is 34.2. The van der Waals surface area contributed by atoms with Crippen molar-refractivity contribution in [3.8, 4) is 0 Å². The van der Waals surface area contributed by atoms with Crippen molar-refractivity contribution < 1.29 is 37.9 Å². The topological polar surface area (TPSA) is 158 Å². The van der Waals surface area contributed by atoms with Gasteiger partial charge < -0.3 is 39.7 Å². The molecule has 174 valence electrons. The quantitative estimate of drug-likeness (QED) is 0.144. The van der Waals surface area contributed by atoms with Crippen LogP contribution in [0.5, 0.6) is 0 Å². The Kier molecular flexibility index (Phi) is 10.9. The number of fused-ring (bicyclic) bond motifs is 1. The number of amides is 3. The number of unbranched alkanes of at least 4 members (excludes halogenated alkanes) is 1. The molecule has 5 atom stereocenters. The third-order valence-electron chi connectivity index (χ3n) is 4.83. The standard InChI is InChI=1S/C17H32N3O8PS/c1-26-29(24,25)28-10-12(21)9-27-8-4-7-18-15(22)6-3-2-5-14-16-13(11-30-14)19-17(23)20-16/h12-14,16,21H,2-11H2,1H3,(H,18,22)(H,24,25)(H2,19,20,23)/p-1. The zero-order valence-corrected chi connectivity index (χ0v) is 18.8. The van der Waals surface area contributed by atoms with Gasteiger partial charge in [-0.15, -0.1) is 0 Å². The molecule has 2 aliphatic rings. The maximum atomic E-state index is 11.9. The lowest BCUT2D eigenvalue weighted by Crippen LogP contribution is -2.36. The minimum Gasteiger partial charge on any atom is -0.756 e. The first-order valence-corrected chi connectivity index (χ1v) is 12.5. The van der Waals surface area contributed by atoms with Crippen LogP contribution in [0.1, 0.15) is 32.1 Å². The minimum atomic E-state index is -4.35. The fourth-order valence-corrected chi connectivity index (χ4v) is 5.27. The van der Waals surface area contributed by atoms with Crippen molar-refractivity contribution in [1.82, 2.24) is 16.0 Å². The first kappa shape index (κ1) is 25.4. The summed E-state index contributed by atoms with van der Waals surface area (Å²) < 4.78 is 24.7.